The molecule has 2 rings (SSSR count). The number of hydrogen-bond acceptors (Lipinski definition) is 3. The topological polar surface area (TPSA) is 42.4 Å². The number of rotatable bonds is 7. The average molecular weight is 363 g/mol. The van der Waals surface area contributed by atoms with Crippen molar-refractivity contribution in [3.63, 3.8) is 0 Å². The van der Waals surface area contributed by atoms with E-state index in [0.29, 0.717) is 17.0 Å². The lowest BCUT2D eigenvalue weighted by Gasteiger charge is -2.35. The van der Waals surface area contributed by atoms with Crippen molar-refractivity contribution in [2.75, 3.05) is 13.8 Å². The van der Waals surface area contributed by atoms with Crippen LogP contribution in [0, 0.1) is 19.7 Å². The monoisotopic (exact) mass is 363 g/mol. The molecule has 0 aliphatic heterocycles. The van der Waals surface area contributed by atoms with Crippen LogP contribution in [-0.2, 0) is 11.8 Å². The molecule has 5 heteroatoms. The van der Waals surface area contributed by atoms with Gasteiger partial charge in [0.15, 0.2) is 0 Å². The maximum atomic E-state index is 13.9. The van der Waals surface area contributed by atoms with E-state index in [4.69, 9.17) is 4.74 Å². The fraction of sp³-hybridized carbons (Fsp3) is 0.476. The number of aromatic nitrogens is 1. The molecule has 1 N–H and O–H groups in total. The number of methoxy groups -OCH3 is 1. The Balaban J connectivity index is 2.33. The molecule has 0 aliphatic carbocycles. The number of benzene rings is 1. The Morgan fingerprint density at radius 3 is 2.42 bits per heavy atom. The van der Waals surface area contributed by atoms with E-state index in [1.165, 1.54) is 19.2 Å². The largest absolute Gasteiger partial charge is 0.496 e. The minimum Gasteiger partial charge on any atom is -0.496 e. The van der Waals surface area contributed by atoms with Crippen LogP contribution in [0.2, 0.25) is 0 Å². The number of alkyl halides is 1. The number of pyridine rings is 1. The second kappa shape index (κ2) is 7.70. The van der Waals surface area contributed by atoms with Gasteiger partial charge in [-0.25, -0.2) is 8.78 Å². The number of ether oxygens (including phenoxy) is 1. The zero-order valence-electron chi connectivity index (χ0n) is 16.1. The van der Waals surface area contributed by atoms with E-state index in [1.54, 1.807) is 6.07 Å². The van der Waals surface area contributed by atoms with Gasteiger partial charge in [0.25, 0.3) is 0 Å². The van der Waals surface area contributed by atoms with E-state index in [1.807, 2.05) is 39.8 Å². The van der Waals surface area contributed by atoms with Gasteiger partial charge in [-0.05, 0) is 61.6 Å². The van der Waals surface area contributed by atoms with E-state index < -0.39 is 23.5 Å². The first-order valence-corrected chi connectivity index (χ1v) is 8.65. The molecule has 0 saturated carbocycles. The molecule has 0 spiro atoms. The summed E-state index contributed by atoms with van der Waals surface area (Å²) in [5, 5.41) is 10.9. The van der Waals surface area contributed by atoms with Gasteiger partial charge in [0, 0.05) is 23.4 Å². The Kier molecular flexibility index (Phi) is 6.02. The zero-order chi connectivity index (χ0) is 19.5. The number of nitrogens with zero attached hydrogens (tertiary/aromatic N) is 1. The molecule has 1 atom stereocenters. The molecule has 3 nitrogen and oxygen atoms in total. The van der Waals surface area contributed by atoms with Gasteiger partial charge in [-0.15, -0.1) is 0 Å². The smallest absolute Gasteiger partial charge is 0.123 e. The van der Waals surface area contributed by atoms with E-state index in [-0.39, 0.29) is 12.8 Å². The first-order valence-electron chi connectivity index (χ1n) is 8.65. The summed E-state index contributed by atoms with van der Waals surface area (Å²) in [6, 6.07) is 8.03. The van der Waals surface area contributed by atoms with Crippen LogP contribution in [0.25, 0.3) is 0 Å². The van der Waals surface area contributed by atoms with Crippen LogP contribution in [0.1, 0.15) is 42.8 Å². The highest BCUT2D eigenvalue weighted by Crippen LogP contribution is 2.39. The molecule has 0 saturated heterocycles. The van der Waals surface area contributed by atoms with Gasteiger partial charge in [0.05, 0.1) is 12.7 Å². The minimum absolute atomic E-state index is 0.0904. The summed E-state index contributed by atoms with van der Waals surface area (Å²) in [4.78, 5) is 4.41. The van der Waals surface area contributed by atoms with E-state index in [0.717, 1.165) is 11.3 Å². The Hall–Kier alpha value is -2.01. The van der Waals surface area contributed by atoms with Gasteiger partial charge in [-0.3, -0.25) is 4.98 Å². The molecular formula is C21H27F2NO2. The van der Waals surface area contributed by atoms with Crippen molar-refractivity contribution in [1.82, 2.24) is 4.98 Å². The molecule has 1 heterocycles. The van der Waals surface area contributed by atoms with Crippen LogP contribution in [-0.4, -0.2) is 29.5 Å². The maximum absolute atomic E-state index is 13.9. The van der Waals surface area contributed by atoms with Crippen molar-refractivity contribution in [1.29, 1.82) is 0 Å². The molecule has 26 heavy (non-hydrogen) atoms. The van der Waals surface area contributed by atoms with E-state index in [2.05, 4.69) is 4.98 Å². The first-order chi connectivity index (χ1) is 12.1. The molecule has 2 aromatic rings. The fourth-order valence-electron chi connectivity index (χ4n) is 3.64. The average Bonchev–Trinajstić information content (AvgIpc) is 2.53. The second-order valence-corrected chi connectivity index (χ2v) is 7.72. The molecule has 1 unspecified atom stereocenters. The zero-order valence-corrected chi connectivity index (χ0v) is 16.1. The van der Waals surface area contributed by atoms with E-state index >= 15 is 0 Å². The molecular weight excluding hydrogens is 336 g/mol. The molecule has 0 amide bonds. The van der Waals surface area contributed by atoms with Gasteiger partial charge >= 0.3 is 0 Å². The summed E-state index contributed by atoms with van der Waals surface area (Å²) in [5.41, 5.74) is 0.776. The van der Waals surface area contributed by atoms with Crippen LogP contribution >= 0.6 is 0 Å². The summed E-state index contributed by atoms with van der Waals surface area (Å²) in [6.07, 6.45) is 0.193. The highest BCUT2D eigenvalue weighted by atomic mass is 19.1. The Morgan fingerprint density at radius 1 is 1.15 bits per heavy atom. The lowest BCUT2D eigenvalue weighted by atomic mass is 9.73. The summed E-state index contributed by atoms with van der Waals surface area (Å²) in [7, 11) is 1.51. The lowest BCUT2D eigenvalue weighted by molar-refractivity contribution is -0.00964. The number of halogens is 2. The first kappa shape index (κ1) is 20.3. The van der Waals surface area contributed by atoms with Crippen molar-refractivity contribution < 1.29 is 18.6 Å². The second-order valence-electron chi connectivity index (χ2n) is 7.72. The van der Waals surface area contributed by atoms with Crippen molar-refractivity contribution in [3.05, 3.63) is 58.7 Å². The van der Waals surface area contributed by atoms with Crippen LogP contribution in [0.4, 0.5) is 8.78 Å². The third-order valence-electron chi connectivity index (χ3n) is 4.57. The Morgan fingerprint density at radius 2 is 1.85 bits per heavy atom. The Labute approximate surface area is 154 Å². The molecule has 0 radical (unpaired) electrons. The number of aryl methyl sites for hydroxylation is 2. The lowest BCUT2D eigenvalue weighted by Crippen LogP contribution is -2.41. The fourth-order valence-corrected chi connectivity index (χ4v) is 3.64. The minimum atomic E-state index is -1.60. The molecule has 142 valence electrons. The van der Waals surface area contributed by atoms with Gasteiger partial charge < -0.3 is 9.84 Å². The van der Waals surface area contributed by atoms with Crippen molar-refractivity contribution in [2.24, 2.45) is 0 Å². The van der Waals surface area contributed by atoms with Crippen molar-refractivity contribution in [3.8, 4) is 5.75 Å². The standard InChI is InChI=1S/C21H27F2NO2/c1-14-8-15(2)24-17(9-14)11-21(25,13-22)12-20(3,4)18-10-16(23)6-7-19(18)26-5/h6-10,25H,11-13H2,1-5H3. The van der Waals surface area contributed by atoms with Gasteiger partial charge in [0.2, 0.25) is 0 Å². The molecule has 1 aromatic heterocycles. The predicted molar refractivity (Wildman–Crippen MR) is 98.9 cm³/mol. The molecule has 0 bridgehead atoms. The number of hydrogen-bond donors (Lipinski definition) is 1. The molecule has 1 aromatic carbocycles. The maximum Gasteiger partial charge on any atom is 0.123 e. The summed E-state index contributed by atoms with van der Waals surface area (Å²) < 4.78 is 32.9. The molecule has 0 fully saturated rings. The SMILES string of the molecule is COc1ccc(F)cc1C(C)(C)CC(O)(CF)Cc1cc(C)cc(C)n1. The third-order valence-corrected chi connectivity index (χ3v) is 4.57. The normalized spacial score (nSPS) is 14.2. The van der Waals surface area contributed by atoms with Crippen LogP contribution in [0.5, 0.6) is 5.75 Å². The van der Waals surface area contributed by atoms with Crippen LogP contribution in [0.15, 0.2) is 30.3 Å². The number of aliphatic hydroxyl groups is 1. The highest BCUT2D eigenvalue weighted by Gasteiger charge is 2.38. The highest BCUT2D eigenvalue weighted by molar-refractivity contribution is 5.39. The quantitative estimate of drug-likeness (QED) is 0.790. The van der Waals surface area contributed by atoms with Crippen molar-refractivity contribution in [2.45, 2.75) is 51.6 Å². The third kappa shape index (κ3) is 4.79. The molecule has 0 aliphatic rings. The van der Waals surface area contributed by atoms with Crippen LogP contribution < -0.4 is 4.74 Å². The Bertz CT molecular complexity index is 756. The summed E-state index contributed by atoms with van der Waals surface area (Å²) in [6.45, 7) is 6.59. The summed E-state index contributed by atoms with van der Waals surface area (Å²) >= 11 is 0. The summed E-state index contributed by atoms with van der Waals surface area (Å²) in [5.74, 6) is 0.121. The van der Waals surface area contributed by atoms with E-state index in [9.17, 15) is 13.9 Å². The predicted octanol–water partition coefficient (Wildman–Crippen LogP) is 4.46. The van der Waals surface area contributed by atoms with Gasteiger partial charge in [-0.2, -0.15) is 0 Å². The van der Waals surface area contributed by atoms with Gasteiger partial charge in [0.1, 0.15) is 18.2 Å². The van der Waals surface area contributed by atoms with Crippen LogP contribution in [0.3, 0.4) is 0 Å². The van der Waals surface area contributed by atoms with Gasteiger partial charge in [-0.1, -0.05) is 13.8 Å². The van der Waals surface area contributed by atoms with Crippen molar-refractivity contribution >= 4 is 0 Å².